The van der Waals surface area contributed by atoms with Crippen LogP contribution in [0.15, 0.2) is 186 Å². The number of hydrogen-bond acceptors (Lipinski definition) is 1. The molecular formula is C48H30O. The van der Waals surface area contributed by atoms with Gasteiger partial charge in [0, 0.05) is 10.8 Å². The number of fused-ring (bicyclic) bond motifs is 6. The van der Waals surface area contributed by atoms with E-state index < -0.39 is 0 Å². The molecule has 0 aliphatic rings. The second-order valence-corrected chi connectivity index (χ2v) is 12.8. The Bertz CT molecular complexity index is 2800. The number of hydrogen-bond donors (Lipinski definition) is 0. The third-order valence-corrected chi connectivity index (χ3v) is 10.1. The van der Waals surface area contributed by atoms with Crippen molar-refractivity contribution in [1.29, 1.82) is 0 Å². The Kier molecular flexibility index (Phi) is 6.25. The van der Waals surface area contributed by atoms with Gasteiger partial charge < -0.3 is 4.42 Å². The fraction of sp³-hybridized carbons (Fsp3) is 0. The van der Waals surface area contributed by atoms with E-state index in [4.69, 9.17) is 4.42 Å². The van der Waals surface area contributed by atoms with E-state index in [1.54, 1.807) is 0 Å². The number of rotatable bonds is 4. The summed E-state index contributed by atoms with van der Waals surface area (Å²) >= 11 is 0. The third kappa shape index (κ3) is 4.40. The summed E-state index contributed by atoms with van der Waals surface area (Å²) in [7, 11) is 0. The zero-order valence-corrected chi connectivity index (χ0v) is 26.7. The van der Waals surface area contributed by atoms with Crippen LogP contribution < -0.4 is 0 Å². The van der Waals surface area contributed by atoms with Crippen molar-refractivity contribution in [2.75, 3.05) is 0 Å². The molecule has 0 N–H and O–H groups in total. The van der Waals surface area contributed by atoms with Crippen LogP contribution in [-0.4, -0.2) is 0 Å². The summed E-state index contributed by atoms with van der Waals surface area (Å²) in [6.07, 6.45) is 0. The summed E-state index contributed by atoms with van der Waals surface area (Å²) in [6, 6.07) is 65.7. The van der Waals surface area contributed by atoms with Gasteiger partial charge in [0.05, 0.1) is 0 Å². The molecule has 1 aromatic heterocycles. The van der Waals surface area contributed by atoms with E-state index >= 15 is 0 Å². The highest BCUT2D eigenvalue weighted by atomic mass is 16.3. The minimum absolute atomic E-state index is 0.912. The summed E-state index contributed by atoms with van der Waals surface area (Å²) in [5, 5.41) is 9.73. The molecule has 228 valence electrons. The first-order valence-corrected chi connectivity index (χ1v) is 16.8. The van der Waals surface area contributed by atoms with Gasteiger partial charge in [-0.2, -0.15) is 0 Å². The van der Waals surface area contributed by atoms with Crippen molar-refractivity contribution in [2.24, 2.45) is 0 Å². The molecule has 0 aliphatic heterocycles. The Morgan fingerprint density at radius 3 is 1.49 bits per heavy atom. The molecule has 0 amide bonds. The molecule has 10 rings (SSSR count). The minimum atomic E-state index is 0.912. The van der Waals surface area contributed by atoms with Crippen LogP contribution in [-0.2, 0) is 0 Å². The van der Waals surface area contributed by atoms with Gasteiger partial charge in [0.25, 0.3) is 0 Å². The van der Waals surface area contributed by atoms with E-state index in [1.165, 1.54) is 76.8 Å². The standard InChI is InChI=1S/C48H30O/c1-2-13-31(14-3-1)36-17-6-7-18-38(36)47-41-21-10-8-19-39(41)46(40-20-9-11-22-42(40)47)33-27-25-32(26-28-33)37-23-12-24-44-48(37)43-29-34-15-4-5-16-35(34)30-45(43)49-44/h1-30H. The van der Waals surface area contributed by atoms with Crippen molar-refractivity contribution in [3.8, 4) is 44.5 Å². The molecule has 1 nitrogen and oxygen atoms in total. The molecule has 0 bridgehead atoms. The molecular weight excluding hydrogens is 593 g/mol. The van der Waals surface area contributed by atoms with E-state index in [-0.39, 0.29) is 0 Å². The molecule has 0 saturated heterocycles. The Morgan fingerprint density at radius 2 is 0.796 bits per heavy atom. The highest BCUT2D eigenvalue weighted by Crippen LogP contribution is 2.46. The summed E-state index contributed by atoms with van der Waals surface area (Å²) < 4.78 is 6.40. The average molecular weight is 623 g/mol. The van der Waals surface area contributed by atoms with E-state index in [1.807, 2.05) is 0 Å². The van der Waals surface area contributed by atoms with Crippen LogP contribution in [0.1, 0.15) is 0 Å². The second kappa shape index (κ2) is 11.1. The zero-order valence-electron chi connectivity index (χ0n) is 26.7. The Hall–Kier alpha value is -6.44. The molecule has 10 aromatic rings. The highest BCUT2D eigenvalue weighted by Gasteiger charge is 2.19. The van der Waals surface area contributed by atoms with Gasteiger partial charge in [-0.15, -0.1) is 0 Å². The van der Waals surface area contributed by atoms with Crippen LogP contribution in [0.2, 0.25) is 0 Å². The van der Waals surface area contributed by atoms with Crippen molar-refractivity contribution in [3.05, 3.63) is 182 Å². The van der Waals surface area contributed by atoms with Gasteiger partial charge in [-0.05, 0) is 95.0 Å². The summed E-state index contributed by atoms with van der Waals surface area (Å²) in [4.78, 5) is 0. The van der Waals surface area contributed by atoms with Gasteiger partial charge in [0.2, 0.25) is 0 Å². The lowest BCUT2D eigenvalue weighted by Crippen LogP contribution is -1.92. The van der Waals surface area contributed by atoms with Crippen LogP contribution in [0.5, 0.6) is 0 Å². The van der Waals surface area contributed by atoms with Crippen molar-refractivity contribution >= 4 is 54.3 Å². The maximum absolute atomic E-state index is 6.40. The summed E-state index contributed by atoms with van der Waals surface area (Å²) in [6.45, 7) is 0. The maximum atomic E-state index is 6.40. The first-order valence-electron chi connectivity index (χ1n) is 16.8. The molecule has 0 saturated carbocycles. The van der Waals surface area contributed by atoms with Gasteiger partial charge >= 0.3 is 0 Å². The Balaban J connectivity index is 1.17. The zero-order chi connectivity index (χ0) is 32.3. The molecule has 0 aliphatic carbocycles. The van der Waals surface area contributed by atoms with Gasteiger partial charge in [0.1, 0.15) is 11.2 Å². The predicted octanol–water partition coefficient (Wildman–Crippen LogP) is 13.7. The monoisotopic (exact) mass is 622 g/mol. The van der Waals surface area contributed by atoms with E-state index in [2.05, 4.69) is 182 Å². The first-order chi connectivity index (χ1) is 24.3. The minimum Gasteiger partial charge on any atom is -0.456 e. The normalized spacial score (nSPS) is 11.7. The third-order valence-electron chi connectivity index (χ3n) is 10.1. The Labute approximate surface area is 284 Å². The van der Waals surface area contributed by atoms with Gasteiger partial charge in [-0.3, -0.25) is 0 Å². The number of furan rings is 1. The average Bonchev–Trinajstić information content (AvgIpc) is 3.54. The number of benzene rings is 9. The van der Waals surface area contributed by atoms with Crippen molar-refractivity contribution < 1.29 is 4.42 Å². The quantitative estimate of drug-likeness (QED) is 0.178. The topological polar surface area (TPSA) is 13.1 Å². The van der Waals surface area contributed by atoms with Crippen LogP contribution in [0.3, 0.4) is 0 Å². The molecule has 0 radical (unpaired) electrons. The van der Waals surface area contributed by atoms with Crippen LogP contribution in [0.4, 0.5) is 0 Å². The lowest BCUT2D eigenvalue weighted by Gasteiger charge is -2.20. The second-order valence-electron chi connectivity index (χ2n) is 12.8. The van der Waals surface area contributed by atoms with Gasteiger partial charge in [0.15, 0.2) is 0 Å². The first kappa shape index (κ1) is 27.7. The van der Waals surface area contributed by atoms with E-state index in [0.717, 1.165) is 21.9 Å². The highest BCUT2D eigenvalue weighted by molar-refractivity contribution is 6.22. The molecule has 49 heavy (non-hydrogen) atoms. The fourth-order valence-electron chi connectivity index (χ4n) is 7.87. The Morgan fingerprint density at radius 1 is 0.286 bits per heavy atom. The van der Waals surface area contributed by atoms with E-state index in [0.29, 0.717) is 0 Å². The van der Waals surface area contributed by atoms with Crippen LogP contribution >= 0.6 is 0 Å². The molecule has 0 spiro atoms. The van der Waals surface area contributed by atoms with Crippen LogP contribution in [0, 0.1) is 0 Å². The maximum Gasteiger partial charge on any atom is 0.136 e. The lowest BCUT2D eigenvalue weighted by atomic mass is 9.83. The summed E-state index contributed by atoms with van der Waals surface area (Å²) in [5.41, 5.74) is 11.6. The molecule has 1 heteroatoms. The predicted molar refractivity (Wildman–Crippen MR) is 208 cm³/mol. The van der Waals surface area contributed by atoms with Crippen molar-refractivity contribution in [3.63, 3.8) is 0 Å². The van der Waals surface area contributed by atoms with Gasteiger partial charge in [-0.25, -0.2) is 0 Å². The largest absolute Gasteiger partial charge is 0.456 e. The van der Waals surface area contributed by atoms with Crippen molar-refractivity contribution in [1.82, 2.24) is 0 Å². The lowest BCUT2D eigenvalue weighted by molar-refractivity contribution is 0.669. The molecule has 1 heterocycles. The van der Waals surface area contributed by atoms with E-state index in [9.17, 15) is 0 Å². The summed E-state index contributed by atoms with van der Waals surface area (Å²) in [5.74, 6) is 0. The van der Waals surface area contributed by atoms with Crippen molar-refractivity contribution in [2.45, 2.75) is 0 Å². The molecule has 0 unspecified atom stereocenters. The fourth-order valence-corrected chi connectivity index (χ4v) is 7.87. The molecule has 0 fully saturated rings. The molecule has 0 atom stereocenters. The van der Waals surface area contributed by atoms with Gasteiger partial charge in [-0.1, -0.05) is 164 Å². The SMILES string of the molecule is c1ccc(-c2ccccc2-c2c3ccccc3c(-c3ccc(-c4cccc5oc6cc7ccccc7cc6c45)cc3)c3ccccc23)cc1. The smallest absolute Gasteiger partial charge is 0.136 e. The van der Waals surface area contributed by atoms with Crippen LogP contribution in [0.25, 0.3) is 98.8 Å². The molecule has 9 aromatic carbocycles.